The first-order valence-corrected chi connectivity index (χ1v) is 7.31. The van der Waals surface area contributed by atoms with Crippen molar-refractivity contribution < 1.29 is 9.84 Å². The molecule has 0 heterocycles. The fourth-order valence-electron chi connectivity index (χ4n) is 2.12. The number of halogens is 2. The van der Waals surface area contributed by atoms with Gasteiger partial charge in [-0.3, -0.25) is 0 Å². The fourth-order valence-corrected chi connectivity index (χ4v) is 2.65. The van der Waals surface area contributed by atoms with Gasteiger partial charge < -0.3 is 15.2 Å². The van der Waals surface area contributed by atoms with Crippen molar-refractivity contribution in [3.05, 3.63) is 57.6 Å². The van der Waals surface area contributed by atoms with Crippen molar-refractivity contribution in [2.45, 2.75) is 19.5 Å². The summed E-state index contributed by atoms with van der Waals surface area (Å²) in [5.74, 6) is 0.463. The Bertz CT molecular complexity index is 632. The van der Waals surface area contributed by atoms with Crippen molar-refractivity contribution >= 4 is 23.2 Å². The van der Waals surface area contributed by atoms with Crippen molar-refractivity contribution in [1.82, 2.24) is 5.32 Å². The van der Waals surface area contributed by atoms with Crippen LogP contribution in [0.1, 0.15) is 24.1 Å². The summed E-state index contributed by atoms with van der Waals surface area (Å²) in [5, 5.41) is 14.7. The van der Waals surface area contributed by atoms with Crippen LogP contribution in [0.4, 0.5) is 0 Å². The van der Waals surface area contributed by atoms with Crippen LogP contribution < -0.4 is 10.1 Å². The first kappa shape index (κ1) is 16.0. The van der Waals surface area contributed by atoms with Gasteiger partial charge in [0, 0.05) is 34.3 Å². The summed E-state index contributed by atoms with van der Waals surface area (Å²) >= 11 is 12.2. The molecule has 0 amide bonds. The standard InChI is InChI=1S/C16H17Cl2NO2/c1-10(13-5-3-4-6-14(13)18)19-9-11-7-12(17)8-15(21-2)16(11)20/h3-8,10,19-20H,9H2,1-2H3. The van der Waals surface area contributed by atoms with Crippen LogP contribution in [-0.4, -0.2) is 12.2 Å². The van der Waals surface area contributed by atoms with Gasteiger partial charge in [-0.1, -0.05) is 41.4 Å². The second kappa shape index (κ2) is 7.03. The average molecular weight is 326 g/mol. The number of hydrogen-bond acceptors (Lipinski definition) is 3. The highest BCUT2D eigenvalue weighted by atomic mass is 35.5. The van der Waals surface area contributed by atoms with E-state index in [9.17, 15) is 5.11 Å². The number of phenolic OH excluding ortho intramolecular Hbond substituents is 1. The largest absolute Gasteiger partial charge is 0.504 e. The zero-order valence-electron chi connectivity index (χ0n) is 11.9. The zero-order valence-corrected chi connectivity index (χ0v) is 13.4. The van der Waals surface area contributed by atoms with Crippen molar-refractivity contribution in [1.29, 1.82) is 0 Å². The lowest BCUT2D eigenvalue weighted by atomic mass is 10.1. The van der Waals surface area contributed by atoms with E-state index in [1.807, 2.05) is 31.2 Å². The molecule has 0 aliphatic heterocycles. The molecular weight excluding hydrogens is 309 g/mol. The van der Waals surface area contributed by atoms with E-state index in [1.165, 1.54) is 7.11 Å². The average Bonchev–Trinajstić information content (AvgIpc) is 2.47. The van der Waals surface area contributed by atoms with Gasteiger partial charge >= 0.3 is 0 Å². The molecule has 0 aliphatic carbocycles. The molecule has 0 aliphatic rings. The second-order valence-electron chi connectivity index (χ2n) is 4.74. The van der Waals surface area contributed by atoms with Gasteiger partial charge in [0.1, 0.15) is 0 Å². The van der Waals surface area contributed by atoms with Crippen LogP contribution in [0.3, 0.4) is 0 Å². The number of nitrogens with one attached hydrogen (secondary N) is 1. The van der Waals surface area contributed by atoms with Crippen molar-refractivity contribution in [2.75, 3.05) is 7.11 Å². The Labute approximate surface area is 134 Å². The molecule has 0 saturated heterocycles. The van der Waals surface area contributed by atoms with E-state index < -0.39 is 0 Å². The summed E-state index contributed by atoms with van der Waals surface area (Å²) in [6.45, 7) is 2.47. The van der Waals surface area contributed by atoms with E-state index >= 15 is 0 Å². The van der Waals surface area contributed by atoms with Gasteiger partial charge in [-0.05, 0) is 24.6 Å². The Hall–Kier alpha value is -1.42. The van der Waals surface area contributed by atoms with Gasteiger partial charge in [0.2, 0.25) is 0 Å². The molecule has 2 aromatic carbocycles. The van der Waals surface area contributed by atoms with Crippen LogP contribution in [-0.2, 0) is 6.54 Å². The molecule has 1 unspecified atom stereocenters. The third-order valence-corrected chi connectivity index (χ3v) is 3.87. The summed E-state index contributed by atoms with van der Waals surface area (Å²) in [4.78, 5) is 0. The lowest BCUT2D eigenvalue weighted by Crippen LogP contribution is -2.18. The molecule has 2 aromatic rings. The van der Waals surface area contributed by atoms with Gasteiger partial charge in [-0.25, -0.2) is 0 Å². The third kappa shape index (κ3) is 3.82. The number of phenols is 1. The minimum absolute atomic E-state index is 0.0445. The number of benzene rings is 2. The summed E-state index contributed by atoms with van der Waals surface area (Å²) in [7, 11) is 1.49. The first-order valence-electron chi connectivity index (χ1n) is 6.56. The van der Waals surface area contributed by atoms with E-state index in [2.05, 4.69) is 5.32 Å². The molecule has 0 saturated carbocycles. The molecule has 3 nitrogen and oxygen atoms in total. The third-order valence-electron chi connectivity index (χ3n) is 3.31. The summed E-state index contributed by atoms with van der Waals surface area (Å²) in [6.07, 6.45) is 0. The number of aromatic hydroxyl groups is 1. The maximum atomic E-state index is 10.1. The van der Waals surface area contributed by atoms with E-state index in [0.717, 1.165) is 5.56 Å². The van der Waals surface area contributed by atoms with Crippen molar-refractivity contribution in [2.24, 2.45) is 0 Å². The molecule has 5 heteroatoms. The summed E-state index contributed by atoms with van der Waals surface area (Å²) in [6, 6.07) is 11.0. The molecule has 2 N–H and O–H groups in total. The second-order valence-corrected chi connectivity index (χ2v) is 5.58. The van der Waals surface area contributed by atoms with Crippen LogP contribution in [0, 0.1) is 0 Å². The van der Waals surface area contributed by atoms with Crippen LogP contribution in [0.15, 0.2) is 36.4 Å². The first-order chi connectivity index (χ1) is 10.0. The van der Waals surface area contributed by atoms with Crippen LogP contribution in [0.5, 0.6) is 11.5 Å². The lowest BCUT2D eigenvalue weighted by molar-refractivity contribution is 0.369. The van der Waals surface area contributed by atoms with Gasteiger partial charge in [0.05, 0.1) is 7.11 Å². The lowest BCUT2D eigenvalue weighted by Gasteiger charge is -2.17. The maximum Gasteiger partial charge on any atom is 0.162 e. The maximum absolute atomic E-state index is 10.1. The Balaban J connectivity index is 2.13. The van der Waals surface area contributed by atoms with Gasteiger partial charge in [-0.2, -0.15) is 0 Å². The highest BCUT2D eigenvalue weighted by Gasteiger charge is 2.13. The van der Waals surface area contributed by atoms with Crippen LogP contribution in [0.25, 0.3) is 0 Å². The van der Waals surface area contributed by atoms with E-state index in [0.29, 0.717) is 27.9 Å². The minimum atomic E-state index is 0.0445. The predicted molar refractivity (Wildman–Crippen MR) is 86.4 cm³/mol. The normalized spacial score (nSPS) is 12.2. The van der Waals surface area contributed by atoms with E-state index in [1.54, 1.807) is 12.1 Å². The fraction of sp³-hybridized carbons (Fsp3) is 0.250. The van der Waals surface area contributed by atoms with Gasteiger partial charge in [0.25, 0.3) is 0 Å². The van der Waals surface area contributed by atoms with Crippen LogP contribution >= 0.6 is 23.2 Å². The molecule has 0 radical (unpaired) electrons. The Kier molecular flexibility index (Phi) is 5.34. The Morgan fingerprint density at radius 2 is 1.95 bits per heavy atom. The molecule has 21 heavy (non-hydrogen) atoms. The molecule has 0 spiro atoms. The number of methoxy groups -OCH3 is 1. The Morgan fingerprint density at radius 1 is 1.24 bits per heavy atom. The van der Waals surface area contributed by atoms with E-state index in [-0.39, 0.29) is 11.8 Å². The molecular formula is C16H17Cl2NO2. The monoisotopic (exact) mass is 325 g/mol. The van der Waals surface area contributed by atoms with Crippen molar-refractivity contribution in [3.63, 3.8) is 0 Å². The highest BCUT2D eigenvalue weighted by molar-refractivity contribution is 6.31. The number of ether oxygens (including phenoxy) is 1. The quantitative estimate of drug-likeness (QED) is 0.846. The predicted octanol–water partition coefficient (Wildman–Crippen LogP) is 4.56. The molecule has 0 fully saturated rings. The molecule has 112 valence electrons. The van der Waals surface area contributed by atoms with Crippen LogP contribution in [0.2, 0.25) is 10.0 Å². The topological polar surface area (TPSA) is 41.5 Å². The molecule has 2 rings (SSSR count). The molecule has 1 atom stereocenters. The minimum Gasteiger partial charge on any atom is -0.504 e. The smallest absolute Gasteiger partial charge is 0.162 e. The SMILES string of the molecule is COc1cc(Cl)cc(CNC(C)c2ccccc2Cl)c1O. The van der Waals surface area contributed by atoms with E-state index in [4.69, 9.17) is 27.9 Å². The summed E-state index contributed by atoms with van der Waals surface area (Å²) in [5.41, 5.74) is 1.69. The Morgan fingerprint density at radius 3 is 2.62 bits per heavy atom. The van der Waals surface area contributed by atoms with Crippen molar-refractivity contribution in [3.8, 4) is 11.5 Å². The number of hydrogen-bond donors (Lipinski definition) is 2. The molecule has 0 aromatic heterocycles. The van der Waals surface area contributed by atoms with Gasteiger partial charge in [-0.15, -0.1) is 0 Å². The zero-order chi connectivity index (χ0) is 15.4. The number of rotatable bonds is 5. The van der Waals surface area contributed by atoms with Gasteiger partial charge in [0.15, 0.2) is 11.5 Å². The highest BCUT2D eigenvalue weighted by Crippen LogP contribution is 2.33. The molecule has 0 bridgehead atoms. The summed E-state index contributed by atoms with van der Waals surface area (Å²) < 4.78 is 5.09.